The largest absolute Gasteiger partial charge is 0.385 e. The van der Waals surface area contributed by atoms with Crippen LogP contribution >= 0.6 is 11.6 Å². The quantitative estimate of drug-likeness (QED) is 0.404. The molecule has 3 fully saturated rings. The molecule has 0 aromatic carbocycles. The zero-order chi connectivity index (χ0) is 22.4. The summed E-state index contributed by atoms with van der Waals surface area (Å²) in [6, 6.07) is 2.62. The van der Waals surface area contributed by atoms with Crippen LogP contribution in [0, 0.1) is 11.3 Å². The number of allylic oxidation sites excluding steroid dienone is 5. The van der Waals surface area contributed by atoms with Crippen molar-refractivity contribution in [1.82, 2.24) is 10.3 Å². The number of nitrogens with one attached hydrogen (secondary N) is 2. The van der Waals surface area contributed by atoms with Crippen LogP contribution in [0.5, 0.6) is 0 Å². The first-order valence-electron chi connectivity index (χ1n) is 12.4. The van der Waals surface area contributed by atoms with Crippen molar-refractivity contribution in [2.75, 3.05) is 25.1 Å². The Morgan fingerprint density at radius 1 is 1.31 bits per heavy atom. The monoisotopic (exact) mass is 455 g/mol. The van der Waals surface area contributed by atoms with Crippen LogP contribution in [0.1, 0.15) is 70.8 Å². The molecule has 1 aromatic heterocycles. The molecule has 1 aliphatic heterocycles. The van der Waals surface area contributed by atoms with E-state index in [0.29, 0.717) is 16.5 Å². The topological polar surface area (TPSA) is 46.2 Å². The van der Waals surface area contributed by atoms with Crippen molar-refractivity contribution in [3.63, 3.8) is 0 Å². The lowest BCUT2D eigenvalue weighted by Gasteiger charge is -2.23. The number of fused-ring (bicyclic) bond motifs is 1. The minimum atomic E-state index is 0.469. The van der Waals surface area contributed by atoms with E-state index in [2.05, 4.69) is 59.8 Å². The van der Waals surface area contributed by atoms with Crippen molar-refractivity contribution in [1.29, 1.82) is 0 Å². The van der Waals surface area contributed by atoms with Gasteiger partial charge in [-0.25, -0.2) is 4.98 Å². The number of pyridine rings is 1. The number of halogens is 1. The highest BCUT2D eigenvalue weighted by molar-refractivity contribution is 6.32. The van der Waals surface area contributed by atoms with Crippen LogP contribution in [0.3, 0.4) is 0 Å². The van der Waals surface area contributed by atoms with E-state index < -0.39 is 0 Å². The van der Waals surface area contributed by atoms with Gasteiger partial charge in [0.2, 0.25) is 0 Å². The van der Waals surface area contributed by atoms with Crippen molar-refractivity contribution >= 4 is 23.0 Å². The second-order valence-electron chi connectivity index (χ2n) is 9.75. The van der Waals surface area contributed by atoms with Gasteiger partial charge in [0.05, 0.1) is 5.02 Å². The van der Waals surface area contributed by atoms with Crippen LogP contribution in [0.2, 0.25) is 5.02 Å². The van der Waals surface area contributed by atoms with Crippen molar-refractivity contribution in [2.24, 2.45) is 11.3 Å². The third-order valence-corrected chi connectivity index (χ3v) is 7.65. The first-order valence-corrected chi connectivity index (χ1v) is 12.8. The van der Waals surface area contributed by atoms with E-state index in [0.717, 1.165) is 49.1 Å². The van der Waals surface area contributed by atoms with Crippen molar-refractivity contribution in [3.05, 3.63) is 52.9 Å². The standard InChI is InChI=1S/C27H38ClN3O/c1-3-8-22(30-19-27-13-14-32-18-21(27)16-27)12-7-9-20(2)24-15-26(29-17-25(24)28)31-23-10-5-4-6-11-23/h7-9,12,15,17,21,23,30H,3-6,10-11,13-14,16,18-19H2,1-2H3,(H,29,31)/b12-7-,20-9+,22-8-. The van der Waals surface area contributed by atoms with Gasteiger partial charge in [-0.15, -0.1) is 0 Å². The molecule has 4 nitrogen and oxygen atoms in total. The summed E-state index contributed by atoms with van der Waals surface area (Å²) in [6.45, 7) is 7.19. The Hall–Kier alpha value is -1.78. The maximum absolute atomic E-state index is 6.49. The van der Waals surface area contributed by atoms with Crippen LogP contribution in [-0.4, -0.2) is 30.8 Å². The fourth-order valence-electron chi connectivity index (χ4n) is 5.14. The fraction of sp³-hybridized carbons (Fsp3) is 0.593. The number of anilines is 1. The van der Waals surface area contributed by atoms with E-state index in [1.807, 2.05) is 0 Å². The number of hydrogen-bond acceptors (Lipinski definition) is 4. The SMILES string of the molecule is CC/C=C(/C=C\C=C(/C)c1cc(NC2CCCCC2)ncc1Cl)NCC12CCOCC1C2. The van der Waals surface area contributed by atoms with Gasteiger partial charge >= 0.3 is 0 Å². The van der Waals surface area contributed by atoms with Gasteiger partial charge in [-0.3, -0.25) is 0 Å². The Kier molecular flexibility index (Phi) is 7.96. The predicted octanol–water partition coefficient (Wildman–Crippen LogP) is 6.75. The van der Waals surface area contributed by atoms with Crippen molar-refractivity contribution in [3.8, 4) is 0 Å². The molecule has 0 radical (unpaired) electrons. The summed E-state index contributed by atoms with van der Waals surface area (Å²) in [7, 11) is 0. The fourth-order valence-corrected chi connectivity index (χ4v) is 5.39. The minimum Gasteiger partial charge on any atom is -0.385 e. The second-order valence-corrected chi connectivity index (χ2v) is 10.2. The number of aromatic nitrogens is 1. The first kappa shape index (κ1) is 23.4. The third kappa shape index (κ3) is 5.96. The molecule has 4 rings (SSSR count). The minimum absolute atomic E-state index is 0.469. The average molecular weight is 456 g/mol. The maximum Gasteiger partial charge on any atom is 0.126 e. The molecule has 0 amide bonds. The molecule has 2 heterocycles. The van der Waals surface area contributed by atoms with Gasteiger partial charge < -0.3 is 15.4 Å². The zero-order valence-corrected chi connectivity index (χ0v) is 20.4. The van der Waals surface area contributed by atoms with Gasteiger partial charge in [0, 0.05) is 43.3 Å². The van der Waals surface area contributed by atoms with Gasteiger partial charge in [-0.1, -0.05) is 56.0 Å². The van der Waals surface area contributed by atoms with E-state index in [4.69, 9.17) is 16.3 Å². The summed E-state index contributed by atoms with van der Waals surface area (Å²) < 4.78 is 5.61. The molecule has 2 atom stereocenters. The molecule has 32 heavy (non-hydrogen) atoms. The van der Waals surface area contributed by atoms with Gasteiger partial charge in [0.25, 0.3) is 0 Å². The number of ether oxygens (including phenoxy) is 1. The summed E-state index contributed by atoms with van der Waals surface area (Å²) >= 11 is 6.49. The Bertz CT molecular complexity index is 872. The van der Waals surface area contributed by atoms with E-state index in [1.54, 1.807) is 6.20 Å². The van der Waals surface area contributed by atoms with E-state index in [-0.39, 0.29) is 0 Å². The predicted molar refractivity (Wildman–Crippen MR) is 135 cm³/mol. The summed E-state index contributed by atoms with van der Waals surface area (Å²) in [4.78, 5) is 4.51. The molecule has 2 unspecified atom stereocenters. The molecule has 3 aliphatic rings. The molecule has 2 aliphatic carbocycles. The lowest BCUT2D eigenvalue weighted by molar-refractivity contribution is 0.0621. The molecule has 0 spiro atoms. The highest BCUT2D eigenvalue weighted by atomic mass is 35.5. The number of nitrogens with zero attached hydrogens (tertiary/aromatic N) is 1. The van der Waals surface area contributed by atoms with E-state index >= 15 is 0 Å². The maximum atomic E-state index is 6.49. The summed E-state index contributed by atoms with van der Waals surface area (Å²) in [5.74, 6) is 1.68. The van der Waals surface area contributed by atoms with Crippen LogP contribution < -0.4 is 10.6 Å². The average Bonchev–Trinajstić information content (AvgIpc) is 3.54. The van der Waals surface area contributed by atoms with E-state index in [9.17, 15) is 0 Å². The first-order chi connectivity index (χ1) is 15.6. The van der Waals surface area contributed by atoms with E-state index in [1.165, 1.54) is 50.6 Å². The Labute approximate surface area is 198 Å². The molecule has 2 N–H and O–H groups in total. The molecule has 0 bridgehead atoms. The molecule has 1 saturated heterocycles. The molecular formula is C27H38ClN3O. The van der Waals surface area contributed by atoms with Crippen molar-refractivity contribution in [2.45, 2.75) is 71.3 Å². The third-order valence-electron chi connectivity index (χ3n) is 7.35. The van der Waals surface area contributed by atoms with Crippen LogP contribution in [-0.2, 0) is 4.74 Å². The Balaban J connectivity index is 1.37. The molecule has 2 saturated carbocycles. The number of rotatable bonds is 9. The summed E-state index contributed by atoms with van der Waals surface area (Å²) in [5.41, 5.74) is 3.85. The zero-order valence-electron chi connectivity index (χ0n) is 19.6. The highest BCUT2D eigenvalue weighted by Crippen LogP contribution is 2.57. The highest BCUT2D eigenvalue weighted by Gasteiger charge is 2.55. The Morgan fingerprint density at radius 3 is 2.94 bits per heavy atom. The van der Waals surface area contributed by atoms with Gasteiger partial charge in [-0.2, -0.15) is 0 Å². The molecule has 5 heteroatoms. The lowest BCUT2D eigenvalue weighted by atomic mass is 9.95. The lowest BCUT2D eigenvalue weighted by Crippen LogP contribution is -2.29. The molecule has 1 aromatic rings. The smallest absolute Gasteiger partial charge is 0.126 e. The van der Waals surface area contributed by atoms with Gasteiger partial charge in [-0.05, 0) is 68.1 Å². The normalized spacial score (nSPS) is 26.8. The van der Waals surface area contributed by atoms with Crippen molar-refractivity contribution < 1.29 is 4.74 Å². The molecular weight excluding hydrogens is 418 g/mol. The second kappa shape index (κ2) is 10.9. The number of hydrogen-bond donors (Lipinski definition) is 2. The van der Waals surface area contributed by atoms with Crippen LogP contribution in [0.25, 0.3) is 5.57 Å². The van der Waals surface area contributed by atoms with Crippen LogP contribution in [0.4, 0.5) is 5.82 Å². The van der Waals surface area contributed by atoms with Gasteiger partial charge in [0.15, 0.2) is 0 Å². The summed E-state index contributed by atoms with van der Waals surface area (Å²) in [6.07, 6.45) is 20.4. The van der Waals surface area contributed by atoms with Crippen LogP contribution in [0.15, 0.2) is 42.3 Å². The molecule has 174 valence electrons. The van der Waals surface area contributed by atoms with Gasteiger partial charge in [0.1, 0.15) is 5.82 Å². The Morgan fingerprint density at radius 2 is 2.16 bits per heavy atom. The summed E-state index contributed by atoms with van der Waals surface area (Å²) in [5, 5.41) is 8.00.